The summed E-state index contributed by atoms with van der Waals surface area (Å²) in [4.78, 5) is 1.83. The lowest BCUT2D eigenvalue weighted by molar-refractivity contribution is -0.0191. The van der Waals surface area contributed by atoms with Gasteiger partial charge in [0.2, 0.25) is 0 Å². The molecule has 0 aromatic heterocycles. The molecule has 0 aliphatic carbocycles. The van der Waals surface area contributed by atoms with E-state index in [-0.39, 0.29) is 18.4 Å². The zero-order valence-corrected chi connectivity index (χ0v) is 14.4. The first-order chi connectivity index (χ1) is 12.1. The van der Waals surface area contributed by atoms with Gasteiger partial charge in [-0.2, -0.15) is 0 Å². The minimum absolute atomic E-state index is 0.187. The van der Waals surface area contributed by atoms with Gasteiger partial charge in [0.1, 0.15) is 0 Å². The molecule has 2 aliphatic heterocycles. The Kier molecular flexibility index (Phi) is 3.81. The van der Waals surface area contributed by atoms with E-state index in [0.29, 0.717) is 30.9 Å². The summed E-state index contributed by atoms with van der Waals surface area (Å²) in [6, 6.07) is 3.46. The molecule has 1 aromatic rings. The van der Waals surface area contributed by atoms with Gasteiger partial charge < -0.3 is 14.6 Å². The van der Waals surface area contributed by atoms with Gasteiger partial charge in [-0.25, -0.2) is 0 Å². The Morgan fingerprint density at radius 3 is 2.70 bits per heavy atom. The highest BCUT2D eigenvalue weighted by atomic mass is 16.5. The highest BCUT2D eigenvalue weighted by molar-refractivity contribution is 5.49. The Hall–Kier alpha value is -1.26. The number of hydrogen-bond acceptors (Lipinski definition) is 4. The van der Waals surface area contributed by atoms with Crippen LogP contribution in [0.5, 0.6) is 11.5 Å². The number of fused-ring (bicyclic) bond motifs is 3. The lowest BCUT2D eigenvalue weighted by atomic mass is 9.79. The second-order valence-electron chi connectivity index (χ2n) is 6.87. The van der Waals surface area contributed by atoms with E-state index in [1.54, 1.807) is 14.2 Å². The summed E-state index contributed by atoms with van der Waals surface area (Å²) in [6.45, 7) is 2.82. The molecule has 2 aliphatic rings. The number of piperidine rings is 1. The molecular formula is C19H29NO3. The van der Waals surface area contributed by atoms with Gasteiger partial charge in [0.15, 0.2) is 11.5 Å². The molecule has 0 amide bonds. The van der Waals surface area contributed by atoms with Crippen LogP contribution >= 0.6 is 0 Å². The maximum Gasteiger partial charge on any atom is 0.161 e. The lowest BCUT2D eigenvalue weighted by Crippen LogP contribution is -2.48. The molecule has 1 fully saturated rings. The van der Waals surface area contributed by atoms with Crippen molar-refractivity contribution in [3.8, 4) is 11.5 Å². The Morgan fingerprint density at radius 2 is 2.04 bits per heavy atom. The highest BCUT2D eigenvalue weighted by Gasteiger charge is 2.38. The molecule has 0 radical (unpaired) electrons. The summed E-state index contributed by atoms with van der Waals surface area (Å²) in [5, 5.41) is 10.9. The Morgan fingerprint density at radius 1 is 1.35 bits per heavy atom. The van der Waals surface area contributed by atoms with Gasteiger partial charge in [0, 0.05) is 21.8 Å². The van der Waals surface area contributed by atoms with Crippen molar-refractivity contribution in [1.29, 1.82) is 0 Å². The third-order valence-electron chi connectivity index (χ3n) is 4.84. The summed E-state index contributed by atoms with van der Waals surface area (Å²) in [5.74, 6) is 0.710. The van der Waals surface area contributed by atoms with Gasteiger partial charge in [0.25, 0.3) is 0 Å². The number of methoxy groups -OCH3 is 2. The maximum absolute atomic E-state index is 10.9. The van der Waals surface area contributed by atoms with Crippen molar-refractivity contribution >= 4 is 0 Å². The maximum atomic E-state index is 10.9. The smallest absolute Gasteiger partial charge is 0.161 e. The molecule has 1 aromatic carbocycles. The van der Waals surface area contributed by atoms with Gasteiger partial charge in [-0.1, -0.05) is 13.8 Å². The van der Waals surface area contributed by atoms with Crippen LogP contribution in [-0.2, 0) is 6.42 Å². The lowest BCUT2D eigenvalue weighted by Gasteiger charge is -2.46. The summed E-state index contributed by atoms with van der Waals surface area (Å²) in [7, 11) is 3.17. The molecule has 0 unspecified atom stereocenters. The van der Waals surface area contributed by atoms with E-state index in [1.165, 1.54) is 0 Å². The molecule has 0 spiro atoms. The molecule has 1 N–H and O–H groups in total. The third kappa shape index (κ3) is 3.20. The Labute approximate surface area is 143 Å². The number of benzene rings is 1. The quantitative estimate of drug-likeness (QED) is 0.925. The van der Waals surface area contributed by atoms with E-state index < -0.39 is 18.5 Å². The van der Waals surface area contributed by atoms with Crippen LogP contribution in [0.4, 0.5) is 0 Å². The second-order valence-corrected chi connectivity index (χ2v) is 6.87. The van der Waals surface area contributed by atoms with Gasteiger partial charge in [0.05, 0.1) is 21.7 Å². The summed E-state index contributed by atoms with van der Waals surface area (Å²) in [5.41, 5.74) is 1.99. The fourth-order valence-corrected chi connectivity index (χ4v) is 3.68. The molecule has 23 heavy (non-hydrogen) atoms. The summed E-state index contributed by atoms with van der Waals surface area (Å²) in [6.07, 6.45) is -0.436. The fourth-order valence-electron chi connectivity index (χ4n) is 3.68. The van der Waals surface area contributed by atoms with Gasteiger partial charge >= 0.3 is 0 Å². The van der Waals surface area contributed by atoms with Crippen molar-refractivity contribution in [1.82, 2.24) is 4.90 Å². The van der Waals surface area contributed by atoms with Crippen LogP contribution in [0.25, 0.3) is 0 Å². The summed E-state index contributed by atoms with van der Waals surface area (Å²) < 4.78 is 36.8. The molecule has 4 heteroatoms. The minimum atomic E-state index is -1.81. The van der Waals surface area contributed by atoms with Crippen molar-refractivity contribution in [2.24, 2.45) is 11.8 Å². The fraction of sp³-hybridized carbons (Fsp3) is 0.684. The van der Waals surface area contributed by atoms with E-state index in [0.717, 1.165) is 11.1 Å². The number of ether oxygens (including phenoxy) is 2. The number of nitrogens with zero attached hydrogens (tertiary/aromatic N) is 1. The van der Waals surface area contributed by atoms with Crippen molar-refractivity contribution < 1.29 is 18.7 Å². The summed E-state index contributed by atoms with van der Waals surface area (Å²) >= 11 is 0. The highest BCUT2D eigenvalue weighted by Crippen LogP contribution is 2.43. The molecule has 2 heterocycles. The van der Waals surface area contributed by atoms with E-state index in [4.69, 9.17) is 13.6 Å². The molecule has 3 atom stereocenters. The Bertz CT molecular complexity index is 678. The molecular weight excluding hydrogens is 290 g/mol. The third-order valence-corrected chi connectivity index (χ3v) is 4.84. The van der Waals surface area contributed by atoms with Crippen LogP contribution in [0.2, 0.25) is 0 Å². The first kappa shape index (κ1) is 13.1. The van der Waals surface area contributed by atoms with Crippen LogP contribution in [0.3, 0.4) is 0 Å². The zero-order chi connectivity index (χ0) is 19.3. The standard InChI is InChI=1S/C19H29NO3/c1-12(2)7-14-11-20-6-5-13-8-18(22-3)19(23-4)9-15(13)16(20)10-17(14)21/h8-9,12,14,16-17,21H,5-7,10-11H2,1-4H3/t14-,16-,17+/m0/s1/i11D2,17D. The molecule has 128 valence electrons. The van der Waals surface area contributed by atoms with Crippen LogP contribution in [0.1, 0.15) is 48.0 Å². The largest absolute Gasteiger partial charge is 0.493 e. The van der Waals surface area contributed by atoms with Gasteiger partial charge in [-0.05, 0) is 54.4 Å². The Balaban J connectivity index is 2.05. The van der Waals surface area contributed by atoms with Crippen LogP contribution < -0.4 is 9.47 Å². The van der Waals surface area contributed by atoms with Crippen molar-refractivity contribution in [3.63, 3.8) is 0 Å². The van der Waals surface area contributed by atoms with Crippen LogP contribution in [0.15, 0.2) is 12.1 Å². The first-order valence-corrected chi connectivity index (χ1v) is 8.35. The van der Waals surface area contributed by atoms with E-state index in [9.17, 15) is 5.11 Å². The molecule has 1 saturated heterocycles. The van der Waals surface area contributed by atoms with Crippen molar-refractivity contribution in [3.05, 3.63) is 23.3 Å². The minimum Gasteiger partial charge on any atom is -0.493 e. The SMILES string of the molecule is [2H]C1([2H])[C@H](CC(C)C)[C@]([2H])(O)C[C@H]2c3cc(OC)c(OC)cc3CCN21. The second kappa shape index (κ2) is 6.70. The molecule has 0 bridgehead atoms. The van der Waals surface area contributed by atoms with Crippen molar-refractivity contribution in [2.45, 2.75) is 45.2 Å². The van der Waals surface area contributed by atoms with E-state index in [2.05, 4.69) is 0 Å². The predicted molar refractivity (Wildman–Crippen MR) is 91.1 cm³/mol. The van der Waals surface area contributed by atoms with Gasteiger partial charge in [-0.15, -0.1) is 0 Å². The first-order valence-electron chi connectivity index (χ1n) is 9.85. The zero-order valence-electron chi connectivity index (χ0n) is 17.4. The van der Waals surface area contributed by atoms with E-state index in [1.807, 2.05) is 30.9 Å². The number of hydrogen-bond donors (Lipinski definition) is 1. The van der Waals surface area contributed by atoms with Crippen LogP contribution in [-0.4, -0.2) is 43.3 Å². The average Bonchev–Trinajstić information content (AvgIpc) is 2.56. The molecule has 0 saturated carbocycles. The van der Waals surface area contributed by atoms with Gasteiger partial charge in [-0.3, -0.25) is 4.90 Å². The van der Waals surface area contributed by atoms with E-state index >= 15 is 0 Å². The monoisotopic (exact) mass is 322 g/mol. The average molecular weight is 322 g/mol. The predicted octanol–water partition coefficient (Wildman–Crippen LogP) is 3.03. The van der Waals surface area contributed by atoms with Crippen LogP contribution in [0, 0.1) is 11.8 Å². The number of rotatable bonds is 4. The molecule has 3 rings (SSSR count). The normalized spacial score (nSPS) is 34.8. The molecule has 4 nitrogen and oxygen atoms in total. The van der Waals surface area contributed by atoms with Crippen molar-refractivity contribution in [2.75, 3.05) is 27.3 Å². The number of aliphatic hydroxyl groups is 1. The topological polar surface area (TPSA) is 41.9 Å².